The Hall–Kier alpha value is -1.06. The van der Waals surface area contributed by atoms with Crippen LogP contribution in [0.15, 0.2) is 30.4 Å². The van der Waals surface area contributed by atoms with Gasteiger partial charge in [-0.3, -0.25) is 0 Å². The molecule has 0 atom stereocenters. The molecule has 0 aliphatic heterocycles. The summed E-state index contributed by atoms with van der Waals surface area (Å²) in [5.41, 5.74) is 2.00. The summed E-state index contributed by atoms with van der Waals surface area (Å²) in [4.78, 5) is 3.16. The second-order valence-electron chi connectivity index (χ2n) is 3.58. The van der Waals surface area contributed by atoms with Crippen LogP contribution in [-0.2, 0) is 6.54 Å². The van der Waals surface area contributed by atoms with Gasteiger partial charge in [0, 0.05) is 6.54 Å². The second kappa shape index (κ2) is 4.85. The van der Waals surface area contributed by atoms with Gasteiger partial charge in [-0.1, -0.05) is 29.8 Å². The Bertz CT molecular complexity index is 580. The zero-order valence-electron chi connectivity index (χ0n) is 9.03. The van der Waals surface area contributed by atoms with Crippen LogP contribution < -0.4 is 0 Å². The summed E-state index contributed by atoms with van der Waals surface area (Å²) in [7, 11) is 0. The maximum Gasteiger partial charge on any atom is 0.178 e. The third kappa shape index (κ3) is 2.06. The van der Waals surface area contributed by atoms with Crippen molar-refractivity contribution >= 4 is 34.9 Å². The van der Waals surface area contributed by atoms with Gasteiger partial charge >= 0.3 is 0 Å². The van der Waals surface area contributed by atoms with Crippen molar-refractivity contribution in [1.82, 2.24) is 9.55 Å². The molecule has 0 saturated heterocycles. The number of para-hydroxylation sites is 1. The Balaban J connectivity index is 2.50. The molecule has 0 unspecified atom stereocenters. The minimum atomic E-state index is 0.729. The third-order valence-electron chi connectivity index (χ3n) is 2.50. The zero-order valence-corrected chi connectivity index (χ0v) is 10.6. The molecular weight excluding hydrogens is 240 g/mol. The van der Waals surface area contributed by atoms with Crippen LogP contribution in [0.1, 0.15) is 13.3 Å². The summed E-state index contributed by atoms with van der Waals surface area (Å²) in [5.74, 6) is 0. The minimum Gasteiger partial charge on any atom is -0.331 e. The minimum absolute atomic E-state index is 0.729. The van der Waals surface area contributed by atoms with Crippen LogP contribution in [-0.4, -0.2) is 9.55 Å². The Labute approximate surface area is 105 Å². The van der Waals surface area contributed by atoms with Crippen LogP contribution in [0.4, 0.5) is 0 Å². The number of hydrogen-bond donors (Lipinski definition) is 1. The van der Waals surface area contributed by atoms with Crippen LogP contribution in [0.25, 0.3) is 11.0 Å². The van der Waals surface area contributed by atoms with E-state index in [-0.39, 0.29) is 0 Å². The fourth-order valence-corrected chi connectivity index (χ4v) is 2.33. The molecule has 0 fully saturated rings. The Morgan fingerprint density at radius 3 is 3.06 bits per heavy atom. The van der Waals surface area contributed by atoms with Gasteiger partial charge in [-0.2, -0.15) is 0 Å². The highest BCUT2D eigenvalue weighted by molar-refractivity contribution is 7.71. The zero-order chi connectivity index (χ0) is 11.5. The van der Waals surface area contributed by atoms with E-state index in [2.05, 4.69) is 11.1 Å². The van der Waals surface area contributed by atoms with Gasteiger partial charge in [-0.25, -0.2) is 0 Å². The molecular formula is C12H13ClN2S. The van der Waals surface area contributed by atoms with Crippen LogP contribution in [0, 0.1) is 4.77 Å². The van der Waals surface area contributed by atoms with Gasteiger partial charge in [-0.05, 0) is 37.7 Å². The highest BCUT2D eigenvalue weighted by Gasteiger charge is 2.06. The van der Waals surface area contributed by atoms with Gasteiger partial charge in [0.25, 0.3) is 0 Å². The van der Waals surface area contributed by atoms with E-state index in [9.17, 15) is 0 Å². The molecule has 0 aliphatic carbocycles. The molecule has 1 aromatic heterocycles. The molecule has 2 rings (SSSR count). The first-order valence-corrected chi connectivity index (χ1v) is 6.01. The standard InChI is InChI=1S/C12H13ClN2S/c1-2-3-4-8-15-11-9(13)6-5-7-10(11)14-12(15)16/h2-3,5-7H,4,8H2,1H3,(H,14,16)/b3-2+. The monoisotopic (exact) mass is 252 g/mol. The first-order chi connectivity index (χ1) is 7.74. The molecule has 1 N–H and O–H groups in total. The lowest BCUT2D eigenvalue weighted by molar-refractivity contribution is 0.720. The smallest absolute Gasteiger partial charge is 0.178 e. The predicted molar refractivity (Wildman–Crippen MR) is 71.6 cm³/mol. The number of nitrogens with zero attached hydrogens (tertiary/aromatic N) is 1. The lowest BCUT2D eigenvalue weighted by atomic mass is 10.3. The summed E-state index contributed by atoms with van der Waals surface area (Å²) in [6.45, 7) is 2.87. The fourth-order valence-electron chi connectivity index (χ4n) is 1.76. The Morgan fingerprint density at radius 1 is 1.50 bits per heavy atom. The molecule has 16 heavy (non-hydrogen) atoms. The summed E-state index contributed by atoms with van der Waals surface area (Å²) in [6, 6.07) is 5.80. The average Bonchev–Trinajstić information content (AvgIpc) is 2.57. The molecule has 1 heterocycles. The SMILES string of the molecule is C/C=C/CCn1c(=S)[nH]c2cccc(Cl)c21. The lowest BCUT2D eigenvalue weighted by Crippen LogP contribution is -1.96. The van der Waals surface area contributed by atoms with E-state index in [0.29, 0.717) is 0 Å². The molecule has 2 nitrogen and oxygen atoms in total. The van der Waals surface area contributed by atoms with Gasteiger partial charge in [0.1, 0.15) is 0 Å². The van der Waals surface area contributed by atoms with Crippen molar-refractivity contribution in [3.8, 4) is 0 Å². The molecule has 0 aliphatic rings. The fraction of sp³-hybridized carbons (Fsp3) is 0.250. The number of fused-ring (bicyclic) bond motifs is 1. The third-order valence-corrected chi connectivity index (χ3v) is 3.13. The highest BCUT2D eigenvalue weighted by atomic mass is 35.5. The van der Waals surface area contributed by atoms with Gasteiger partial charge in [-0.15, -0.1) is 0 Å². The van der Waals surface area contributed by atoms with Crippen LogP contribution in [0.3, 0.4) is 0 Å². The van der Waals surface area contributed by atoms with E-state index in [0.717, 1.165) is 33.8 Å². The molecule has 0 spiro atoms. The molecule has 0 saturated carbocycles. The van der Waals surface area contributed by atoms with Crippen molar-refractivity contribution in [2.75, 3.05) is 0 Å². The lowest BCUT2D eigenvalue weighted by Gasteiger charge is -2.03. The molecule has 1 aromatic carbocycles. The number of benzene rings is 1. The molecule has 2 aromatic rings. The van der Waals surface area contributed by atoms with Gasteiger partial charge in [0.2, 0.25) is 0 Å². The van der Waals surface area contributed by atoms with Crippen LogP contribution in [0.5, 0.6) is 0 Å². The van der Waals surface area contributed by atoms with E-state index >= 15 is 0 Å². The number of imidazole rings is 1. The van der Waals surface area contributed by atoms with Crippen molar-refractivity contribution in [3.63, 3.8) is 0 Å². The number of aromatic nitrogens is 2. The van der Waals surface area contributed by atoms with Crippen LogP contribution >= 0.6 is 23.8 Å². The van der Waals surface area contributed by atoms with Gasteiger partial charge < -0.3 is 9.55 Å². The number of allylic oxidation sites excluding steroid dienone is 2. The van der Waals surface area contributed by atoms with E-state index in [1.54, 1.807) is 0 Å². The first kappa shape index (κ1) is 11.4. The van der Waals surface area contributed by atoms with Crippen molar-refractivity contribution in [2.45, 2.75) is 19.9 Å². The predicted octanol–water partition coefficient (Wildman–Crippen LogP) is 4.32. The topological polar surface area (TPSA) is 20.7 Å². The normalized spacial score (nSPS) is 11.6. The molecule has 0 bridgehead atoms. The van der Waals surface area contributed by atoms with Gasteiger partial charge in [0.05, 0.1) is 16.1 Å². The van der Waals surface area contributed by atoms with Crippen molar-refractivity contribution in [3.05, 3.63) is 40.1 Å². The highest BCUT2D eigenvalue weighted by Crippen LogP contribution is 2.23. The quantitative estimate of drug-likeness (QED) is 0.637. The summed E-state index contributed by atoms with van der Waals surface area (Å²) in [5, 5.41) is 0.741. The average molecular weight is 253 g/mol. The second-order valence-corrected chi connectivity index (χ2v) is 4.37. The van der Waals surface area contributed by atoms with Crippen molar-refractivity contribution < 1.29 is 0 Å². The number of rotatable bonds is 3. The number of hydrogen-bond acceptors (Lipinski definition) is 1. The van der Waals surface area contributed by atoms with Crippen LogP contribution in [0.2, 0.25) is 5.02 Å². The summed E-state index contributed by atoms with van der Waals surface area (Å²) in [6.07, 6.45) is 5.13. The Kier molecular flexibility index (Phi) is 3.46. The first-order valence-electron chi connectivity index (χ1n) is 5.22. The van der Waals surface area contributed by atoms with Crippen molar-refractivity contribution in [2.24, 2.45) is 0 Å². The number of aryl methyl sites for hydroxylation is 1. The molecule has 0 amide bonds. The number of nitrogens with one attached hydrogen (secondary N) is 1. The van der Waals surface area contributed by atoms with E-state index in [1.165, 1.54) is 0 Å². The van der Waals surface area contributed by atoms with E-state index < -0.39 is 0 Å². The number of halogens is 1. The summed E-state index contributed by atoms with van der Waals surface area (Å²) < 4.78 is 2.78. The maximum atomic E-state index is 6.18. The largest absolute Gasteiger partial charge is 0.331 e. The number of H-pyrrole nitrogens is 1. The molecule has 4 heteroatoms. The van der Waals surface area contributed by atoms with Crippen molar-refractivity contribution in [1.29, 1.82) is 0 Å². The molecule has 84 valence electrons. The number of aromatic amines is 1. The van der Waals surface area contributed by atoms with E-state index in [4.69, 9.17) is 23.8 Å². The maximum absolute atomic E-state index is 6.18. The Morgan fingerprint density at radius 2 is 2.31 bits per heavy atom. The molecule has 0 radical (unpaired) electrons. The van der Waals surface area contributed by atoms with E-state index in [1.807, 2.05) is 35.8 Å². The van der Waals surface area contributed by atoms with Gasteiger partial charge in [0.15, 0.2) is 4.77 Å². The summed E-state index contributed by atoms with van der Waals surface area (Å²) >= 11 is 11.5.